The predicted octanol–water partition coefficient (Wildman–Crippen LogP) is 3.71. The fourth-order valence-corrected chi connectivity index (χ4v) is 3.54. The second kappa shape index (κ2) is 10.7. The van der Waals surface area contributed by atoms with Gasteiger partial charge in [-0.15, -0.1) is 16.8 Å². The molecule has 0 saturated heterocycles. The van der Waals surface area contributed by atoms with E-state index in [-0.39, 0.29) is 24.1 Å². The highest BCUT2D eigenvalue weighted by Gasteiger charge is 2.15. The zero-order chi connectivity index (χ0) is 23.1. The van der Waals surface area contributed by atoms with Gasteiger partial charge in [-0.2, -0.15) is 0 Å². The normalized spacial score (nSPS) is 10.6. The third kappa shape index (κ3) is 6.01. The number of nitrogens with one attached hydrogen (secondary N) is 2. The summed E-state index contributed by atoms with van der Waals surface area (Å²) >= 11 is 1.16. The van der Waals surface area contributed by atoms with Crippen molar-refractivity contribution in [3.63, 3.8) is 0 Å². The summed E-state index contributed by atoms with van der Waals surface area (Å²) in [4.78, 5) is 24.6. The van der Waals surface area contributed by atoms with Crippen LogP contribution in [0.1, 0.15) is 21.7 Å². The minimum atomic E-state index is -0.434. The van der Waals surface area contributed by atoms with Gasteiger partial charge in [0.2, 0.25) is 5.91 Å². The number of anilines is 1. The van der Waals surface area contributed by atoms with Crippen molar-refractivity contribution in [2.24, 2.45) is 0 Å². The molecule has 10 heteroatoms. The number of benzene rings is 2. The molecule has 0 atom stereocenters. The average Bonchev–Trinajstić information content (AvgIpc) is 3.15. The van der Waals surface area contributed by atoms with Crippen molar-refractivity contribution in [1.82, 2.24) is 20.1 Å². The second-order valence-corrected chi connectivity index (χ2v) is 7.73. The molecule has 32 heavy (non-hydrogen) atoms. The maximum atomic E-state index is 13.4. The number of thioether (sulfide) groups is 1. The van der Waals surface area contributed by atoms with Crippen LogP contribution in [0.5, 0.6) is 0 Å². The fraction of sp³-hybridized carbons (Fsp3) is 0.182. The number of halogens is 2. The summed E-state index contributed by atoms with van der Waals surface area (Å²) in [6.45, 7) is 5.95. The van der Waals surface area contributed by atoms with Crippen molar-refractivity contribution in [2.45, 2.75) is 25.2 Å². The molecular weight excluding hydrogens is 436 g/mol. The van der Waals surface area contributed by atoms with E-state index in [4.69, 9.17) is 0 Å². The molecule has 2 N–H and O–H groups in total. The molecule has 7 nitrogen and oxygen atoms in total. The molecule has 166 valence electrons. The van der Waals surface area contributed by atoms with Crippen LogP contribution in [0.25, 0.3) is 0 Å². The molecule has 2 aromatic carbocycles. The SMILES string of the molecule is C=CCn1c(CNC(=O)c2ccc(F)cc2)nnc1SCC(=O)Nc1cc(F)ccc1C. The predicted molar refractivity (Wildman–Crippen MR) is 118 cm³/mol. The van der Waals surface area contributed by atoms with Gasteiger partial charge in [-0.25, -0.2) is 8.78 Å². The van der Waals surface area contributed by atoms with Gasteiger partial charge in [-0.1, -0.05) is 23.9 Å². The lowest BCUT2D eigenvalue weighted by atomic mass is 10.2. The fourth-order valence-electron chi connectivity index (χ4n) is 2.78. The van der Waals surface area contributed by atoms with E-state index in [1.165, 1.54) is 36.4 Å². The number of carbonyl (C=O) groups is 2. The zero-order valence-electron chi connectivity index (χ0n) is 17.3. The van der Waals surface area contributed by atoms with Gasteiger partial charge in [0.15, 0.2) is 11.0 Å². The Bertz CT molecular complexity index is 1130. The van der Waals surface area contributed by atoms with E-state index in [9.17, 15) is 18.4 Å². The number of carbonyl (C=O) groups excluding carboxylic acids is 2. The maximum Gasteiger partial charge on any atom is 0.251 e. The van der Waals surface area contributed by atoms with E-state index in [0.29, 0.717) is 28.8 Å². The molecule has 1 heterocycles. The lowest BCUT2D eigenvalue weighted by Crippen LogP contribution is -2.25. The van der Waals surface area contributed by atoms with Crippen molar-refractivity contribution in [1.29, 1.82) is 0 Å². The number of rotatable bonds is 9. The molecule has 0 radical (unpaired) electrons. The van der Waals surface area contributed by atoms with E-state index < -0.39 is 11.6 Å². The highest BCUT2D eigenvalue weighted by Crippen LogP contribution is 2.20. The second-order valence-electron chi connectivity index (χ2n) is 6.78. The first-order chi connectivity index (χ1) is 15.4. The molecular formula is C22H21F2N5O2S. The highest BCUT2D eigenvalue weighted by molar-refractivity contribution is 7.99. The largest absolute Gasteiger partial charge is 0.345 e. The van der Waals surface area contributed by atoms with Crippen LogP contribution in [0.2, 0.25) is 0 Å². The third-order valence-corrected chi connectivity index (χ3v) is 5.39. The van der Waals surface area contributed by atoms with E-state index in [1.54, 1.807) is 23.6 Å². The molecule has 3 rings (SSSR count). The van der Waals surface area contributed by atoms with E-state index in [1.807, 2.05) is 0 Å². The van der Waals surface area contributed by atoms with Gasteiger partial charge in [0, 0.05) is 17.8 Å². The summed E-state index contributed by atoms with van der Waals surface area (Å²) in [5.74, 6) is -1.04. The van der Waals surface area contributed by atoms with Crippen molar-refractivity contribution >= 4 is 29.3 Å². The lowest BCUT2D eigenvalue weighted by molar-refractivity contribution is -0.113. The number of allylic oxidation sites excluding steroid dienone is 1. The standard InChI is InChI=1S/C22H21F2N5O2S/c1-3-10-29-19(12-25-21(31)15-5-8-16(23)9-6-15)27-28-22(29)32-13-20(30)26-18-11-17(24)7-4-14(18)2/h3-9,11H,1,10,12-13H2,2H3,(H,25,31)(H,26,30). The van der Waals surface area contributed by atoms with Crippen LogP contribution < -0.4 is 10.6 Å². The number of amides is 2. The molecule has 0 saturated carbocycles. The van der Waals surface area contributed by atoms with Crippen LogP contribution >= 0.6 is 11.8 Å². The van der Waals surface area contributed by atoms with E-state index in [0.717, 1.165) is 17.3 Å². The Hall–Kier alpha value is -3.53. The van der Waals surface area contributed by atoms with Crippen molar-refractivity contribution < 1.29 is 18.4 Å². The monoisotopic (exact) mass is 457 g/mol. The van der Waals surface area contributed by atoms with E-state index in [2.05, 4.69) is 27.4 Å². The Kier molecular flexibility index (Phi) is 7.72. The highest BCUT2D eigenvalue weighted by atomic mass is 32.2. The molecule has 0 spiro atoms. The van der Waals surface area contributed by atoms with E-state index >= 15 is 0 Å². The van der Waals surface area contributed by atoms with Crippen molar-refractivity contribution in [2.75, 3.05) is 11.1 Å². The van der Waals surface area contributed by atoms with Gasteiger partial charge >= 0.3 is 0 Å². The van der Waals surface area contributed by atoms with Gasteiger partial charge in [0.1, 0.15) is 11.6 Å². The minimum Gasteiger partial charge on any atom is -0.345 e. The quantitative estimate of drug-likeness (QED) is 0.378. The number of aromatic nitrogens is 3. The molecule has 0 aliphatic rings. The molecule has 0 unspecified atom stereocenters. The summed E-state index contributed by atoms with van der Waals surface area (Å²) in [5.41, 5.74) is 1.48. The molecule has 3 aromatic rings. The van der Waals surface area contributed by atoms with Gasteiger partial charge in [-0.05, 0) is 48.9 Å². The Labute approximate surface area is 187 Å². The van der Waals surface area contributed by atoms with Crippen LogP contribution in [0.4, 0.5) is 14.5 Å². The van der Waals surface area contributed by atoms with Gasteiger partial charge < -0.3 is 15.2 Å². The summed E-state index contributed by atoms with van der Waals surface area (Å²) in [5, 5.41) is 14.1. The smallest absolute Gasteiger partial charge is 0.251 e. The Morgan fingerprint density at radius 1 is 1.12 bits per heavy atom. The first-order valence-electron chi connectivity index (χ1n) is 9.63. The van der Waals surface area contributed by atoms with Gasteiger partial charge in [0.05, 0.1) is 12.3 Å². The molecule has 1 aromatic heterocycles. The molecule has 0 fully saturated rings. The molecule has 0 bridgehead atoms. The first kappa shape index (κ1) is 23.1. The maximum absolute atomic E-state index is 13.4. The Morgan fingerprint density at radius 2 is 1.84 bits per heavy atom. The average molecular weight is 458 g/mol. The lowest BCUT2D eigenvalue weighted by Gasteiger charge is -2.10. The topological polar surface area (TPSA) is 88.9 Å². The van der Waals surface area contributed by atoms with Crippen LogP contribution in [-0.4, -0.2) is 32.3 Å². The zero-order valence-corrected chi connectivity index (χ0v) is 18.1. The number of hydrogen-bond acceptors (Lipinski definition) is 5. The first-order valence-corrected chi connectivity index (χ1v) is 10.6. The molecule has 0 aliphatic carbocycles. The van der Waals surface area contributed by atoms with Gasteiger partial charge in [-0.3, -0.25) is 9.59 Å². The molecule has 0 aliphatic heterocycles. The summed E-state index contributed by atoms with van der Waals surface area (Å²) in [6.07, 6.45) is 1.65. The number of nitrogens with zero attached hydrogens (tertiary/aromatic N) is 3. The number of hydrogen-bond donors (Lipinski definition) is 2. The van der Waals surface area contributed by atoms with Crippen LogP contribution in [-0.2, 0) is 17.9 Å². The minimum absolute atomic E-state index is 0.0349. The summed E-state index contributed by atoms with van der Waals surface area (Å²) < 4.78 is 28.2. The van der Waals surface area contributed by atoms with Crippen molar-refractivity contribution in [3.05, 3.63) is 83.7 Å². The Balaban J connectivity index is 1.61. The van der Waals surface area contributed by atoms with Crippen molar-refractivity contribution in [3.8, 4) is 0 Å². The third-order valence-electron chi connectivity index (χ3n) is 4.42. The van der Waals surface area contributed by atoms with Crippen LogP contribution in [0, 0.1) is 18.6 Å². The van der Waals surface area contributed by atoms with Crippen LogP contribution in [0.3, 0.4) is 0 Å². The Morgan fingerprint density at radius 3 is 2.56 bits per heavy atom. The summed E-state index contributed by atoms with van der Waals surface area (Å²) in [6, 6.07) is 9.37. The molecule has 2 amide bonds. The number of aryl methyl sites for hydroxylation is 1. The van der Waals surface area contributed by atoms with Crippen LogP contribution in [0.15, 0.2) is 60.3 Å². The van der Waals surface area contributed by atoms with Gasteiger partial charge in [0.25, 0.3) is 5.91 Å². The summed E-state index contributed by atoms with van der Waals surface area (Å²) in [7, 11) is 0.